The minimum Gasteiger partial charge on any atom is -0.397 e. The molecule has 1 aliphatic rings. The van der Waals surface area contributed by atoms with Gasteiger partial charge in [-0.15, -0.1) is 0 Å². The lowest BCUT2D eigenvalue weighted by atomic mass is 10.0. The summed E-state index contributed by atoms with van der Waals surface area (Å²) in [6.07, 6.45) is 0. The smallest absolute Gasteiger partial charge is 0.256 e. The molecule has 0 saturated carbocycles. The second-order valence-electron chi connectivity index (χ2n) is 7.04. The standard InChI is InChI=1S/C22H24N4O/c1-25-11-13-26(14-12-25)21-10-9-17(15-20(21)23)24-22(27)19-8-4-6-16-5-2-3-7-18(16)19/h2-10,15H,11-14,23H2,1H3,(H,24,27). The molecule has 5 nitrogen and oxygen atoms in total. The molecule has 1 fully saturated rings. The largest absolute Gasteiger partial charge is 0.397 e. The number of benzene rings is 3. The molecule has 0 bridgehead atoms. The van der Waals surface area contributed by atoms with Gasteiger partial charge in [-0.2, -0.15) is 0 Å². The Bertz CT molecular complexity index is 972. The topological polar surface area (TPSA) is 61.6 Å². The predicted molar refractivity (Wildman–Crippen MR) is 112 cm³/mol. The Morgan fingerprint density at radius 3 is 2.48 bits per heavy atom. The molecule has 1 saturated heterocycles. The van der Waals surface area contributed by atoms with Crippen LogP contribution in [0.3, 0.4) is 0 Å². The van der Waals surface area contributed by atoms with Crippen molar-refractivity contribution in [1.82, 2.24) is 4.90 Å². The fourth-order valence-corrected chi connectivity index (χ4v) is 3.59. The fourth-order valence-electron chi connectivity index (χ4n) is 3.59. The first-order chi connectivity index (χ1) is 13.1. The SMILES string of the molecule is CN1CCN(c2ccc(NC(=O)c3cccc4ccccc34)cc2N)CC1. The van der Waals surface area contributed by atoms with Gasteiger partial charge >= 0.3 is 0 Å². The van der Waals surface area contributed by atoms with Crippen LogP contribution < -0.4 is 16.0 Å². The molecule has 27 heavy (non-hydrogen) atoms. The molecule has 0 atom stereocenters. The third-order valence-electron chi connectivity index (χ3n) is 5.16. The van der Waals surface area contributed by atoms with E-state index in [1.807, 2.05) is 60.7 Å². The van der Waals surface area contributed by atoms with Gasteiger partial charge in [0.25, 0.3) is 5.91 Å². The fraction of sp³-hybridized carbons (Fsp3) is 0.227. The molecule has 0 aliphatic carbocycles. The van der Waals surface area contributed by atoms with Crippen molar-refractivity contribution >= 4 is 33.7 Å². The molecule has 1 heterocycles. The number of nitrogens with two attached hydrogens (primary N) is 1. The highest BCUT2D eigenvalue weighted by Gasteiger charge is 2.17. The highest BCUT2D eigenvalue weighted by Crippen LogP contribution is 2.28. The number of anilines is 3. The van der Waals surface area contributed by atoms with Gasteiger partial charge < -0.3 is 20.9 Å². The maximum absolute atomic E-state index is 12.8. The number of nitrogens with one attached hydrogen (secondary N) is 1. The van der Waals surface area contributed by atoms with E-state index in [9.17, 15) is 4.79 Å². The van der Waals surface area contributed by atoms with E-state index in [1.54, 1.807) is 0 Å². The number of nitrogens with zero attached hydrogens (tertiary/aromatic N) is 2. The first kappa shape index (κ1) is 17.4. The van der Waals surface area contributed by atoms with Crippen LogP contribution in [0.4, 0.5) is 17.1 Å². The zero-order chi connectivity index (χ0) is 18.8. The van der Waals surface area contributed by atoms with Gasteiger partial charge in [-0.05, 0) is 42.1 Å². The number of piperazine rings is 1. The van der Waals surface area contributed by atoms with Crippen molar-refractivity contribution in [3.63, 3.8) is 0 Å². The molecule has 3 N–H and O–H groups in total. The third-order valence-corrected chi connectivity index (χ3v) is 5.16. The molecule has 0 aromatic heterocycles. The van der Waals surface area contributed by atoms with Crippen molar-refractivity contribution < 1.29 is 4.79 Å². The van der Waals surface area contributed by atoms with E-state index in [4.69, 9.17) is 5.73 Å². The lowest BCUT2D eigenvalue weighted by Gasteiger charge is -2.34. The molecule has 138 valence electrons. The second-order valence-corrected chi connectivity index (χ2v) is 7.04. The minimum absolute atomic E-state index is 0.126. The number of rotatable bonds is 3. The average molecular weight is 360 g/mol. The van der Waals surface area contributed by atoms with E-state index in [2.05, 4.69) is 22.2 Å². The van der Waals surface area contributed by atoms with Crippen LogP contribution >= 0.6 is 0 Å². The number of hydrogen-bond acceptors (Lipinski definition) is 4. The molecule has 3 aromatic carbocycles. The van der Waals surface area contributed by atoms with E-state index in [-0.39, 0.29) is 5.91 Å². The quantitative estimate of drug-likeness (QED) is 0.703. The molecule has 3 aromatic rings. The number of nitrogen functional groups attached to an aromatic ring is 1. The van der Waals surface area contributed by atoms with Gasteiger partial charge in [0.05, 0.1) is 11.4 Å². The summed E-state index contributed by atoms with van der Waals surface area (Å²) in [5.41, 5.74) is 9.38. The first-order valence-electron chi connectivity index (χ1n) is 9.24. The van der Waals surface area contributed by atoms with Gasteiger partial charge in [0.15, 0.2) is 0 Å². The van der Waals surface area contributed by atoms with Crippen molar-refractivity contribution in [2.45, 2.75) is 0 Å². The van der Waals surface area contributed by atoms with Crippen LogP contribution in [0, 0.1) is 0 Å². The molecule has 1 aliphatic heterocycles. The third kappa shape index (κ3) is 3.59. The lowest BCUT2D eigenvalue weighted by Crippen LogP contribution is -2.44. The van der Waals surface area contributed by atoms with Gasteiger partial charge in [-0.1, -0.05) is 36.4 Å². The van der Waals surface area contributed by atoms with Gasteiger partial charge in [-0.3, -0.25) is 4.79 Å². The van der Waals surface area contributed by atoms with Crippen molar-refractivity contribution in [3.8, 4) is 0 Å². The van der Waals surface area contributed by atoms with Crippen LogP contribution in [-0.4, -0.2) is 44.0 Å². The maximum Gasteiger partial charge on any atom is 0.256 e. The molecule has 1 amide bonds. The summed E-state index contributed by atoms with van der Waals surface area (Å²) in [7, 11) is 2.13. The number of fused-ring (bicyclic) bond motifs is 1. The monoisotopic (exact) mass is 360 g/mol. The molecule has 0 radical (unpaired) electrons. The lowest BCUT2D eigenvalue weighted by molar-refractivity contribution is 0.102. The first-order valence-corrected chi connectivity index (χ1v) is 9.24. The van der Waals surface area contributed by atoms with E-state index in [0.29, 0.717) is 16.9 Å². The molecule has 5 heteroatoms. The van der Waals surface area contributed by atoms with Crippen LogP contribution in [0.1, 0.15) is 10.4 Å². The Hall–Kier alpha value is -3.05. The number of carbonyl (C=O) groups is 1. The zero-order valence-electron chi connectivity index (χ0n) is 15.5. The Morgan fingerprint density at radius 1 is 0.963 bits per heavy atom. The van der Waals surface area contributed by atoms with Crippen LogP contribution in [-0.2, 0) is 0 Å². The van der Waals surface area contributed by atoms with E-state index in [1.165, 1.54) is 0 Å². The number of amides is 1. The van der Waals surface area contributed by atoms with E-state index >= 15 is 0 Å². The van der Waals surface area contributed by atoms with Gasteiger partial charge in [0.2, 0.25) is 0 Å². The van der Waals surface area contributed by atoms with E-state index in [0.717, 1.165) is 42.6 Å². The molecule has 0 unspecified atom stereocenters. The molecule has 4 rings (SSSR count). The second kappa shape index (κ2) is 7.29. The summed E-state index contributed by atoms with van der Waals surface area (Å²) in [5, 5.41) is 4.98. The summed E-state index contributed by atoms with van der Waals surface area (Å²) in [6, 6.07) is 19.4. The average Bonchev–Trinajstić information content (AvgIpc) is 2.68. The van der Waals surface area contributed by atoms with Crippen LogP contribution in [0.15, 0.2) is 60.7 Å². The Labute approximate surface area is 159 Å². The van der Waals surface area contributed by atoms with Crippen molar-refractivity contribution in [3.05, 3.63) is 66.2 Å². The van der Waals surface area contributed by atoms with Crippen LogP contribution in [0.2, 0.25) is 0 Å². The van der Waals surface area contributed by atoms with Crippen molar-refractivity contribution in [1.29, 1.82) is 0 Å². The van der Waals surface area contributed by atoms with Gasteiger partial charge in [0, 0.05) is 37.4 Å². The van der Waals surface area contributed by atoms with Gasteiger partial charge in [0.1, 0.15) is 0 Å². The summed E-state index contributed by atoms with van der Waals surface area (Å²) in [5.74, 6) is -0.126. The summed E-state index contributed by atoms with van der Waals surface area (Å²) >= 11 is 0. The number of carbonyl (C=O) groups excluding carboxylic acids is 1. The number of hydrogen-bond donors (Lipinski definition) is 2. The van der Waals surface area contributed by atoms with Crippen molar-refractivity contribution in [2.24, 2.45) is 0 Å². The normalized spacial score (nSPS) is 15.1. The Kier molecular flexibility index (Phi) is 4.69. The zero-order valence-corrected chi connectivity index (χ0v) is 15.5. The summed E-state index contributed by atoms with van der Waals surface area (Å²) in [6.45, 7) is 3.98. The highest BCUT2D eigenvalue weighted by molar-refractivity contribution is 6.13. The van der Waals surface area contributed by atoms with Crippen LogP contribution in [0.5, 0.6) is 0 Å². The minimum atomic E-state index is -0.126. The number of likely N-dealkylation sites (N-methyl/N-ethyl adjacent to an activating group) is 1. The molecular formula is C22H24N4O. The summed E-state index contributed by atoms with van der Waals surface area (Å²) < 4.78 is 0. The van der Waals surface area contributed by atoms with Gasteiger partial charge in [-0.25, -0.2) is 0 Å². The highest BCUT2D eigenvalue weighted by atomic mass is 16.1. The Morgan fingerprint density at radius 2 is 1.70 bits per heavy atom. The predicted octanol–water partition coefficient (Wildman–Crippen LogP) is 3.43. The molecular weight excluding hydrogens is 336 g/mol. The Balaban J connectivity index is 1.54. The van der Waals surface area contributed by atoms with Crippen molar-refractivity contribution in [2.75, 3.05) is 49.2 Å². The van der Waals surface area contributed by atoms with Crippen LogP contribution in [0.25, 0.3) is 10.8 Å². The molecule has 0 spiro atoms. The van der Waals surface area contributed by atoms with E-state index < -0.39 is 0 Å². The summed E-state index contributed by atoms with van der Waals surface area (Å²) in [4.78, 5) is 17.4. The maximum atomic E-state index is 12.8.